The van der Waals surface area contributed by atoms with E-state index in [-0.39, 0.29) is 17.9 Å². The zero-order valence-electron chi connectivity index (χ0n) is 10.7. The van der Waals surface area contributed by atoms with Crippen LogP contribution in [-0.4, -0.2) is 37.6 Å². The lowest BCUT2D eigenvalue weighted by molar-refractivity contribution is 0.0701. The van der Waals surface area contributed by atoms with Crippen molar-refractivity contribution in [3.8, 4) is 6.07 Å². The second-order valence-electron chi connectivity index (χ2n) is 3.90. The number of benzene rings is 1. The fourth-order valence-electron chi connectivity index (χ4n) is 1.63. The fourth-order valence-corrected chi connectivity index (χ4v) is 1.89. The number of hydrogen-bond acceptors (Lipinski definition) is 4. The first-order valence-corrected chi connectivity index (χ1v) is 6.18. The number of nitrogens with zero attached hydrogens (tertiary/aromatic N) is 2. The number of anilines is 1. The van der Waals surface area contributed by atoms with Crippen LogP contribution < -0.4 is 5.73 Å². The number of amides is 1. The standard InChI is InChI=1S/C13H16ClN3O2/c1-19-9-8-17(7-3-6-15)13(18)12-10(14)4-2-5-11(12)16/h2,4-5H,3,7-9,16H2,1H3. The first-order valence-electron chi connectivity index (χ1n) is 5.81. The van der Waals surface area contributed by atoms with E-state index in [1.165, 1.54) is 4.90 Å². The van der Waals surface area contributed by atoms with Gasteiger partial charge in [-0.2, -0.15) is 5.26 Å². The molecule has 5 nitrogen and oxygen atoms in total. The third-order valence-corrected chi connectivity index (χ3v) is 2.92. The topological polar surface area (TPSA) is 79.3 Å². The molecule has 0 radical (unpaired) electrons. The van der Waals surface area contributed by atoms with Gasteiger partial charge in [0.1, 0.15) is 0 Å². The van der Waals surface area contributed by atoms with E-state index < -0.39 is 0 Å². The van der Waals surface area contributed by atoms with Crippen molar-refractivity contribution in [3.63, 3.8) is 0 Å². The molecule has 0 fully saturated rings. The molecule has 0 aliphatic heterocycles. The van der Waals surface area contributed by atoms with E-state index in [2.05, 4.69) is 0 Å². The largest absolute Gasteiger partial charge is 0.398 e. The highest BCUT2D eigenvalue weighted by atomic mass is 35.5. The summed E-state index contributed by atoms with van der Waals surface area (Å²) in [4.78, 5) is 13.9. The molecule has 6 heteroatoms. The van der Waals surface area contributed by atoms with E-state index >= 15 is 0 Å². The molecule has 0 aromatic heterocycles. The molecule has 0 heterocycles. The lowest BCUT2D eigenvalue weighted by Gasteiger charge is -2.22. The van der Waals surface area contributed by atoms with Gasteiger partial charge in [-0.25, -0.2) is 0 Å². The monoisotopic (exact) mass is 281 g/mol. The Morgan fingerprint density at radius 3 is 2.84 bits per heavy atom. The summed E-state index contributed by atoms with van der Waals surface area (Å²) in [7, 11) is 1.55. The summed E-state index contributed by atoms with van der Waals surface area (Å²) in [6.45, 7) is 1.10. The van der Waals surface area contributed by atoms with Crippen molar-refractivity contribution in [1.82, 2.24) is 4.90 Å². The minimum absolute atomic E-state index is 0.250. The Labute approximate surface area is 117 Å². The van der Waals surface area contributed by atoms with Crippen LogP contribution in [0, 0.1) is 11.3 Å². The predicted octanol–water partition coefficient (Wildman–Crippen LogP) is 1.92. The van der Waals surface area contributed by atoms with E-state index in [9.17, 15) is 4.79 Å². The van der Waals surface area contributed by atoms with Crippen LogP contribution in [0.5, 0.6) is 0 Å². The third-order valence-electron chi connectivity index (χ3n) is 2.61. The summed E-state index contributed by atoms with van der Waals surface area (Å²) >= 11 is 6.01. The number of nitrogen functional groups attached to an aromatic ring is 1. The average molecular weight is 282 g/mol. The summed E-state index contributed by atoms with van der Waals surface area (Å²) in [5, 5.41) is 8.94. The van der Waals surface area contributed by atoms with E-state index in [4.69, 9.17) is 27.3 Å². The molecule has 0 unspecified atom stereocenters. The Kier molecular flexibility index (Phi) is 6.13. The number of nitriles is 1. The molecule has 19 heavy (non-hydrogen) atoms. The zero-order chi connectivity index (χ0) is 14.3. The molecule has 1 amide bonds. The molecular weight excluding hydrogens is 266 g/mol. The summed E-state index contributed by atoms with van der Waals surface area (Å²) in [5.41, 5.74) is 6.40. The van der Waals surface area contributed by atoms with Crippen molar-refractivity contribution >= 4 is 23.2 Å². The van der Waals surface area contributed by atoms with Crippen LogP contribution in [0.1, 0.15) is 16.8 Å². The number of methoxy groups -OCH3 is 1. The van der Waals surface area contributed by atoms with Gasteiger partial charge < -0.3 is 15.4 Å². The maximum absolute atomic E-state index is 12.4. The number of carbonyl (C=O) groups excluding carboxylic acids is 1. The first-order chi connectivity index (χ1) is 9.11. The van der Waals surface area contributed by atoms with Gasteiger partial charge in [-0.1, -0.05) is 17.7 Å². The van der Waals surface area contributed by atoms with E-state index in [1.54, 1.807) is 25.3 Å². The highest BCUT2D eigenvalue weighted by molar-refractivity contribution is 6.34. The molecule has 1 aromatic carbocycles. The molecule has 2 N–H and O–H groups in total. The van der Waals surface area contributed by atoms with Gasteiger partial charge in [-0.15, -0.1) is 0 Å². The van der Waals surface area contributed by atoms with Crippen LogP contribution in [0.25, 0.3) is 0 Å². The van der Waals surface area contributed by atoms with Gasteiger partial charge >= 0.3 is 0 Å². The number of nitrogens with two attached hydrogens (primary N) is 1. The molecule has 102 valence electrons. The van der Waals surface area contributed by atoms with Crippen LogP contribution in [0.15, 0.2) is 18.2 Å². The predicted molar refractivity (Wildman–Crippen MR) is 73.9 cm³/mol. The highest BCUT2D eigenvalue weighted by Gasteiger charge is 2.20. The Hall–Kier alpha value is -1.77. The molecule has 1 aromatic rings. The minimum atomic E-state index is -0.282. The molecule has 0 bridgehead atoms. The molecule has 0 aliphatic carbocycles. The van der Waals surface area contributed by atoms with E-state index in [1.807, 2.05) is 6.07 Å². The van der Waals surface area contributed by atoms with Crippen LogP contribution in [0.3, 0.4) is 0 Å². The number of hydrogen-bond donors (Lipinski definition) is 1. The molecule has 0 saturated heterocycles. The van der Waals surface area contributed by atoms with Crippen molar-refractivity contribution in [2.75, 3.05) is 32.5 Å². The van der Waals surface area contributed by atoms with Gasteiger partial charge in [0.15, 0.2) is 0 Å². The summed E-state index contributed by atoms with van der Waals surface area (Å²) in [6, 6.07) is 6.93. The fraction of sp³-hybridized carbons (Fsp3) is 0.385. The van der Waals surface area contributed by atoms with Gasteiger partial charge in [-0.05, 0) is 12.1 Å². The van der Waals surface area contributed by atoms with Crippen molar-refractivity contribution in [1.29, 1.82) is 5.26 Å². The van der Waals surface area contributed by atoms with Crippen LogP contribution in [-0.2, 0) is 4.74 Å². The van der Waals surface area contributed by atoms with Gasteiger partial charge in [0.25, 0.3) is 5.91 Å². The Bertz CT molecular complexity index is 465. The molecule has 0 saturated carbocycles. The average Bonchev–Trinajstić information content (AvgIpc) is 2.38. The lowest BCUT2D eigenvalue weighted by atomic mass is 10.1. The Morgan fingerprint density at radius 2 is 2.26 bits per heavy atom. The normalized spacial score (nSPS) is 9.95. The summed E-state index contributed by atoms with van der Waals surface area (Å²) in [6.07, 6.45) is 0.250. The van der Waals surface area contributed by atoms with Crippen LogP contribution in [0.4, 0.5) is 5.69 Å². The highest BCUT2D eigenvalue weighted by Crippen LogP contribution is 2.23. The molecule has 1 rings (SSSR count). The molecule has 0 atom stereocenters. The number of ether oxygens (including phenoxy) is 1. The van der Waals surface area contributed by atoms with Crippen molar-refractivity contribution in [2.45, 2.75) is 6.42 Å². The first kappa shape index (κ1) is 15.3. The smallest absolute Gasteiger partial charge is 0.257 e. The van der Waals surface area contributed by atoms with E-state index in [0.717, 1.165) is 0 Å². The van der Waals surface area contributed by atoms with Gasteiger partial charge in [-0.3, -0.25) is 4.79 Å². The molecule has 0 spiro atoms. The Balaban J connectivity index is 2.95. The SMILES string of the molecule is COCCN(CCC#N)C(=O)c1c(N)cccc1Cl. The van der Waals surface area contributed by atoms with E-state index in [0.29, 0.717) is 30.4 Å². The molecule has 0 aliphatic rings. The minimum Gasteiger partial charge on any atom is -0.398 e. The second-order valence-corrected chi connectivity index (χ2v) is 4.30. The van der Waals surface area contributed by atoms with Gasteiger partial charge in [0, 0.05) is 25.9 Å². The zero-order valence-corrected chi connectivity index (χ0v) is 11.5. The number of rotatable bonds is 6. The summed E-state index contributed by atoms with van der Waals surface area (Å²) < 4.78 is 4.96. The lowest BCUT2D eigenvalue weighted by Crippen LogP contribution is -2.35. The second kappa shape index (κ2) is 7.62. The van der Waals surface area contributed by atoms with Gasteiger partial charge in [0.05, 0.1) is 29.7 Å². The molecular formula is C13H16ClN3O2. The van der Waals surface area contributed by atoms with Crippen LogP contribution >= 0.6 is 11.6 Å². The van der Waals surface area contributed by atoms with Crippen molar-refractivity contribution in [3.05, 3.63) is 28.8 Å². The van der Waals surface area contributed by atoms with Crippen molar-refractivity contribution < 1.29 is 9.53 Å². The maximum Gasteiger partial charge on any atom is 0.257 e. The number of halogens is 1. The number of carbonyl (C=O) groups is 1. The van der Waals surface area contributed by atoms with Gasteiger partial charge in [0.2, 0.25) is 0 Å². The van der Waals surface area contributed by atoms with Crippen molar-refractivity contribution in [2.24, 2.45) is 0 Å². The van der Waals surface area contributed by atoms with Crippen LogP contribution in [0.2, 0.25) is 5.02 Å². The third kappa shape index (κ3) is 4.12. The summed E-state index contributed by atoms with van der Waals surface area (Å²) in [5.74, 6) is -0.282. The Morgan fingerprint density at radius 1 is 1.53 bits per heavy atom. The quantitative estimate of drug-likeness (QED) is 0.808. The maximum atomic E-state index is 12.4.